The summed E-state index contributed by atoms with van der Waals surface area (Å²) in [5.74, 6) is 0.0232. The van der Waals surface area contributed by atoms with Gasteiger partial charge in [-0.25, -0.2) is 8.42 Å². The lowest BCUT2D eigenvalue weighted by molar-refractivity contribution is -0.115. The first-order valence-corrected chi connectivity index (χ1v) is 11.6. The van der Waals surface area contributed by atoms with E-state index >= 15 is 0 Å². The maximum Gasteiger partial charge on any atom is 0.243 e. The summed E-state index contributed by atoms with van der Waals surface area (Å²) in [4.78, 5) is 12.7. The quantitative estimate of drug-likeness (QED) is 0.665. The van der Waals surface area contributed by atoms with Crippen molar-refractivity contribution < 1.29 is 22.7 Å². The van der Waals surface area contributed by atoms with E-state index in [2.05, 4.69) is 5.32 Å². The molecule has 2 aromatic rings. The van der Waals surface area contributed by atoms with Gasteiger partial charge in [-0.05, 0) is 42.8 Å². The van der Waals surface area contributed by atoms with E-state index in [1.807, 2.05) is 0 Å². The van der Waals surface area contributed by atoms with Gasteiger partial charge in [0.15, 0.2) is 0 Å². The maximum absolute atomic E-state index is 12.9. The molecule has 10 heteroatoms. The minimum Gasteiger partial charge on any atom is -0.492 e. The van der Waals surface area contributed by atoms with Crippen molar-refractivity contribution >= 4 is 44.8 Å². The van der Waals surface area contributed by atoms with Crippen LogP contribution in [0.5, 0.6) is 5.75 Å². The number of amides is 1. The van der Waals surface area contributed by atoms with Gasteiger partial charge >= 0.3 is 0 Å². The van der Waals surface area contributed by atoms with Crippen molar-refractivity contribution in [2.75, 3.05) is 38.2 Å². The summed E-state index contributed by atoms with van der Waals surface area (Å²) in [7, 11) is -3.71. The maximum atomic E-state index is 12.9. The molecule has 1 heterocycles. The normalized spacial score (nSPS) is 15.0. The van der Waals surface area contributed by atoms with Gasteiger partial charge in [0.05, 0.1) is 36.8 Å². The molecule has 0 spiro atoms. The Kier molecular flexibility index (Phi) is 7.60. The lowest BCUT2D eigenvalue weighted by Gasteiger charge is -2.26. The molecule has 1 amide bonds. The topological polar surface area (TPSA) is 84.9 Å². The highest BCUT2D eigenvalue weighted by Gasteiger charge is 2.27. The fourth-order valence-corrected chi connectivity index (χ4v) is 4.93. The van der Waals surface area contributed by atoms with E-state index in [1.165, 1.54) is 16.4 Å². The number of ether oxygens (including phenoxy) is 2. The molecule has 0 unspecified atom stereocenters. The van der Waals surface area contributed by atoms with Gasteiger partial charge < -0.3 is 14.8 Å². The van der Waals surface area contributed by atoms with E-state index in [9.17, 15) is 13.2 Å². The summed E-state index contributed by atoms with van der Waals surface area (Å²) < 4.78 is 38.0. The average Bonchev–Trinajstić information content (AvgIpc) is 2.72. The van der Waals surface area contributed by atoms with Gasteiger partial charge in [0, 0.05) is 23.1 Å². The summed E-state index contributed by atoms with van der Waals surface area (Å²) >= 11 is 12.0. The number of benzene rings is 2. The van der Waals surface area contributed by atoms with Crippen LogP contribution in [0.2, 0.25) is 10.0 Å². The SMILES string of the molecule is CCOc1ccc(S(=O)(=O)N2CCOCC2)cc1NC(=O)Cc1ccc(Cl)cc1Cl. The Morgan fingerprint density at radius 3 is 2.57 bits per heavy atom. The third-order valence-electron chi connectivity index (χ3n) is 4.50. The second-order valence-corrected chi connectivity index (χ2v) is 9.35. The Hall–Kier alpha value is -1.84. The number of carbonyl (C=O) groups is 1. The number of rotatable bonds is 7. The highest BCUT2D eigenvalue weighted by Crippen LogP contribution is 2.30. The molecule has 1 N–H and O–H groups in total. The fourth-order valence-electron chi connectivity index (χ4n) is 3.02. The molecule has 1 fully saturated rings. The molecule has 162 valence electrons. The molecule has 0 bridgehead atoms. The van der Waals surface area contributed by atoms with Crippen LogP contribution in [0.4, 0.5) is 5.69 Å². The van der Waals surface area contributed by atoms with E-state index < -0.39 is 10.0 Å². The first-order chi connectivity index (χ1) is 14.3. The number of nitrogens with zero attached hydrogens (tertiary/aromatic N) is 1. The average molecular weight is 473 g/mol. The summed E-state index contributed by atoms with van der Waals surface area (Å²) in [6.07, 6.45) is 0.00199. The zero-order valence-electron chi connectivity index (χ0n) is 16.4. The van der Waals surface area contributed by atoms with E-state index in [0.29, 0.717) is 41.2 Å². The third-order valence-corrected chi connectivity index (χ3v) is 6.98. The Labute approximate surface area is 185 Å². The zero-order chi connectivity index (χ0) is 21.7. The van der Waals surface area contributed by atoms with Crippen LogP contribution in [0.15, 0.2) is 41.3 Å². The highest BCUT2D eigenvalue weighted by atomic mass is 35.5. The Balaban J connectivity index is 1.84. The summed E-state index contributed by atoms with van der Waals surface area (Å²) in [5.41, 5.74) is 0.884. The molecule has 7 nitrogen and oxygen atoms in total. The summed E-state index contributed by atoms with van der Waals surface area (Å²) in [6.45, 7) is 3.43. The number of anilines is 1. The first-order valence-electron chi connectivity index (χ1n) is 9.40. The van der Waals surface area contributed by atoms with Crippen molar-refractivity contribution in [3.63, 3.8) is 0 Å². The minimum absolute atomic E-state index is 0.00199. The molecule has 1 saturated heterocycles. The second-order valence-electron chi connectivity index (χ2n) is 6.57. The second kappa shape index (κ2) is 9.98. The zero-order valence-corrected chi connectivity index (χ0v) is 18.7. The number of halogens is 2. The van der Waals surface area contributed by atoms with Crippen molar-refractivity contribution in [2.24, 2.45) is 0 Å². The smallest absolute Gasteiger partial charge is 0.243 e. The van der Waals surface area contributed by atoms with Gasteiger partial charge in [-0.3, -0.25) is 4.79 Å². The van der Waals surface area contributed by atoms with Crippen molar-refractivity contribution in [1.29, 1.82) is 0 Å². The van der Waals surface area contributed by atoms with Gasteiger partial charge in [0.25, 0.3) is 0 Å². The van der Waals surface area contributed by atoms with Gasteiger partial charge in [-0.2, -0.15) is 4.31 Å². The molecule has 0 atom stereocenters. The predicted octanol–water partition coefficient (Wildman–Crippen LogP) is 3.59. The standard InChI is InChI=1S/C20H22Cl2N2O5S/c1-2-29-19-6-5-16(30(26,27)24-7-9-28-10-8-24)13-18(19)23-20(25)11-14-3-4-15(21)12-17(14)22/h3-6,12-13H,2,7-11H2,1H3,(H,23,25). The fraction of sp³-hybridized carbons (Fsp3) is 0.350. The van der Waals surface area contributed by atoms with Crippen LogP contribution in [-0.4, -0.2) is 51.5 Å². The van der Waals surface area contributed by atoms with Crippen LogP contribution in [0.3, 0.4) is 0 Å². The molecule has 0 aromatic heterocycles. The molecular weight excluding hydrogens is 451 g/mol. The number of hydrogen-bond acceptors (Lipinski definition) is 5. The number of hydrogen-bond donors (Lipinski definition) is 1. The predicted molar refractivity (Wildman–Crippen MR) is 116 cm³/mol. The number of carbonyl (C=O) groups excluding carboxylic acids is 1. The molecule has 0 radical (unpaired) electrons. The molecular formula is C20H22Cl2N2O5S. The van der Waals surface area contributed by atoms with Gasteiger partial charge in [-0.15, -0.1) is 0 Å². The van der Waals surface area contributed by atoms with Gasteiger partial charge in [-0.1, -0.05) is 29.3 Å². The molecule has 0 aliphatic carbocycles. The van der Waals surface area contributed by atoms with Crippen LogP contribution in [0.25, 0.3) is 0 Å². The van der Waals surface area contributed by atoms with Crippen LogP contribution < -0.4 is 10.1 Å². The van der Waals surface area contributed by atoms with Crippen LogP contribution in [0.1, 0.15) is 12.5 Å². The molecule has 1 aliphatic rings. The Morgan fingerprint density at radius 2 is 1.90 bits per heavy atom. The van der Waals surface area contributed by atoms with Crippen LogP contribution >= 0.6 is 23.2 Å². The van der Waals surface area contributed by atoms with Crippen molar-refractivity contribution in [3.8, 4) is 5.75 Å². The number of morpholine rings is 1. The van der Waals surface area contributed by atoms with E-state index in [4.69, 9.17) is 32.7 Å². The van der Waals surface area contributed by atoms with E-state index in [1.54, 1.807) is 31.2 Å². The van der Waals surface area contributed by atoms with Crippen molar-refractivity contribution in [1.82, 2.24) is 4.31 Å². The molecule has 1 aliphatic heterocycles. The monoisotopic (exact) mass is 472 g/mol. The van der Waals surface area contributed by atoms with Crippen molar-refractivity contribution in [3.05, 3.63) is 52.0 Å². The Morgan fingerprint density at radius 1 is 1.17 bits per heavy atom. The highest BCUT2D eigenvalue weighted by molar-refractivity contribution is 7.89. The molecule has 0 saturated carbocycles. The minimum atomic E-state index is -3.71. The molecule has 30 heavy (non-hydrogen) atoms. The van der Waals surface area contributed by atoms with Crippen molar-refractivity contribution in [2.45, 2.75) is 18.2 Å². The van der Waals surface area contributed by atoms with Gasteiger partial charge in [0.1, 0.15) is 5.75 Å². The van der Waals surface area contributed by atoms with E-state index in [0.717, 1.165) is 0 Å². The number of nitrogens with one attached hydrogen (secondary N) is 1. The third kappa shape index (κ3) is 5.44. The van der Waals surface area contributed by atoms with E-state index in [-0.39, 0.29) is 36.0 Å². The van der Waals surface area contributed by atoms with Crippen LogP contribution in [-0.2, 0) is 26.0 Å². The summed E-state index contributed by atoms with van der Waals surface area (Å²) in [6, 6.07) is 9.32. The van der Waals surface area contributed by atoms with Gasteiger partial charge in [0.2, 0.25) is 15.9 Å². The lowest BCUT2D eigenvalue weighted by Crippen LogP contribution is -2.40. The summed E-state index contributed by atoms with van der Waals surface area (Å²) in [5, 5.41) is 3.59. The van der Waals surface area contributed by atoms with Crippen LogP contribution in [0, 0.1) is 0 Å². The molecule has 2 aromatic carbocycles. The number of sulfonamides is 1. The Bertz CT molecular complexity index is 1020. The largest absolute Gasteiger partial charge is 0.492 e. The molecule has 3 rings (SSSR count). The lowest BCUT2D eigenvalue weighted by atomic mass is 10.1. The first kappa shape index (κ1) is 22.8.